The van der Waals surface area contributed by atoms with Gasteiger partial charge in [-0.2, -0.15) is 0 Å². The van der Waals surface area contributed by atoms with Crippen LogP contribution in [0.1, 0.15) is 11.5 Å². The van der Waals surface area contributed by atoms with Crippen molar-refractivity contribution in [1.82, 2.24) is 10.2 Å². The van der Waals surface area contributed by atoms with E-state index in [1.165, 1.54) is 0 Å². The summed E-state index contributed by atoms with van der Waals surface area (Å²) in [7, 11) is 1.69. The maximum Gasteiger partial charge on any atom is 0.320 e. The molecule has 102 valence electrons. The molecule has 0 unspecified atom stereocenters. The topological polar surface area (TPSA) is 60.2 Å². The van der Waals surface area contributed by atoms with Gasteiger partial charge in [0.05, 0.1) is 6.61 Å². The second-order valence-electron chi connectivity index (χ2n) is 3.96. The molecular formula is C13H16ClN3O2. The molecule has 6 heteroatoms. The summed E-state index contributed by atoms with van der Waals surface area (Å²) in [6.45, 7) is 0.667. The average Bonchev–Trinajstić information content (AvgIpc) is 2.86. The van der Waals surface area contributed by atoms with Crippen molar-refractivity contribution in [3.8, 4) is 0 Å². The van der Waals surface area contributed by atoms with Crippen LogP contribution in [-0.4, -0.2) is 29.8 Å². The lowest BCUT2D eigenvalue weighted by Gasteiger charge is -2.08. The highest BCUT2D eigenvalue weighted by Gasteiger charge is 2.08. The van der Waals surface area contributed by atoms with Gasteiger partial charge in [-0.3, -0.25) is 0 Å². The second kappa shape index (κ2) is 7.11. The summed E-state index contributed by atoms with van der Waals surface area (Å²) >= 11 is 5.63. The Hall–Kier alpha value is -1.59. The van der Waals surface area contributed by atoms with Gasteiger partial charge in [0.25, 0.3) is 0 Å². The highest BCUT2D eigenvalue weighted by molar-refractivity contribution is 6.17. The van der Waals surface area contributed by atoms with Crippen molar-refractivity contribution >= 4 is 23.3 Å². The molecule has 0 fully saturated rings. The van der Waals surface area contributed by atoms with Gasteiger partial charge in [0.1, 0.15) is 0 Å². The summed E-state index contributed by atoms with van der Waals surface area (Å²) in [5.41, 5.74) is 2.09. The number of anilines is 2. The van der Waals surface area contributed by atoms with E-state index in [-0.39, 0.29) is 0 Å². The first-order valence-electron chi connectivity index (χ1n) is 6.05. The fourth-order valence-corrected chi connectivity index (χ4v) is 1.84. The molecule has 0 aliphatic heterocycles. The van der Waals surface area contributed by atoms with E-state index < -0.39 is 0 Å². The summed E-state index contributed by atoms with van der Waals surface area (Å²) in [4.78, 5) is 0. The molecule has 0 amide bonds. The van der Waals surface area contributed by atoms with Gasteiger partial charge in [0.2, 0.25) is 5.89 Å². The summed E-state index contributed by atoms with van der Waals surface area (Å²) in [5.74, 6) is 0.998. The van der Waals surface area contributed by atoms with Gasteiger partial charge in [0, 0.05) is 25.1 Å². The van der Waals surface area contributed by atoms with Crippen LogP contribution in [0.3, 0.4) is 0 Å². The maximum atomic E-state index is 5.63. The lowest BCUT2D eigenvalue weighted by atomic mass is 10.1. The molecular weight excluding hydrogens is 266 g/mol. The maximum absolute atomic E-state index is 5.63. The average molecular weight is 282 g/mol. The number of hydrogen-bond acceptors (Lipinski definition) is 5. The number of nitrogens with one attached hydrogen (secondary N) is 1. The molecule has 5 nitrogen and oxygen atoms in total. The molecule has 0 spiro atoms. The molecule has 0 saturated carbocycles. The molecule has 1 N–H and O–H groups in total. The number of hydrogen-bond donors (Lipinski definition) is 1. The Balaban J connectivity index is 2.08. The first kappa shape index (κ1) is 13.8. The molecule has 19 heavy (non-hydrogen) atoms. The third kappa shape index (κ3) is 3.94. The van der Waals surface area contributed by atoms with Gasteiger partial charge >= 0.3 is 6.01 Å². The molecule has 0 radical (unpaired) electrons. The van der Waals surface area contributed by atoms with Gasteiger partial charge in [-0.05, 0) is 18.1 Å². The van der Waals surface area contributed by atoms with Crippen molar-refractivity contribution in [1.29, 1.82) is 0 Å². The zero-order valence-electron chi connectivity index (χ0n) is 10.7. The Morgan fingerprint density at radius 2 is 2.11 bits per heavy atom. The van der Waals surface area contributed by atoms with Crippen LogP contribution < -0.4 is 5.32 Å². The predicted molar refractivity (Wildman–Crippen MR) is 74.0 cm³/mol. The summed E-state index contributed by atoms with van der Waals surface area (Å²) in [6.07, 6.45) is 1.39. The van der Waals surface area contributed by atoms with E-state index in [0.29, 0.717) is 30.8 Å². The number of para-hydroxylation sites is 1. The van der Waals surface area contributed by atoms with Crippen molar-refractivity contribution in [3.05, 3.63) is 35.7 Å². The van der Waals surface area contributed by atoms with Crippen molar-refractivity contribution < 1.29 is 9.15 Å². The third-order valence-electron chi connectivity index (χ3n) is 2.61. The highest BCUT2D eigenvalue weighted by atomic mass is 35.5. The van der Waals surface area contributed by atoms with Crippen LogP contribution in [0.5, 0.6) is 0 Å². The quantitative estimate of drug-likeness (QED) is 0.791. The van der Waals surface area contributed by atoms with Crippen LogP contribution >= 0.6 is 11.6 Å². The van der Waals surface area contributed by atoms with E-state index in [2.05, 4.69) is 15.5 Å². The first-order valence-corrected chi connectivity index (χ1v) is 6.59. The number of methoxy groups -OCH3 is 1. The van der Waals surface area contributed by atoms with E-state index in [1.54, 1.807) is 7.11 Å². The van der Waals surface area contributed by atoms with Gasteiger partial charge < -0.3 is 14.5 Å². The fraction of sp³-hybridized carbons (Fsp3) is 0.385. The standard InChI is InChI=1S/C13H16ClN3O2/c1-18-9-7-10-4-2-3-5-11(10)15-13-17-16-12(19-13)6-8-14/h2-5H,6-9H2,1H3,(H,15,17). The van der Waals surface area contributed by atoms with Crippen molar-refractivity contribution in [2.75, 3.05) is 24.9 Å². The van der Waals surface area contributed by atoms with Crippen LogP contribution in [-0.2, 0) is 17.6 Å². The normalized spacial score (nSPS) is 10.6. The number of rotatable bonds is 7. The van der Waals surface area contributed by atoms with Crippen molar-refractivity contribution in [3.63, 3.8) is 0 Å². The van der Waals surface area contributed by atoms with E-state index in [0.717, 1.165) is 17.7 Å². The summed E-state index contributed by atoms with van der Waals surface area (Å²) in [6, 6.07) is 8.33. The minimum atomic E-state index is 0.380. The van der Waals surface area contributed by atoms with Crippen molar-refractivity contribution in [2.45, 2.75) is 12.8 Å². The monoisotopic (exact) mass is 281 g/mol. The number of alkyl halides is 1. The molecule has 0 atom stereocenters. The Kier molecular flexibility index (Phi) is 5.18. The Morgan fingerprint density at radius 1 is 1.26 bits per heavy atom. The Morgan fingerprint density at radius 3 is 2.89 bits per heavy atom. The van der Waals surface area contributed by atoms with Crippen LogP contribution in [0.15, 0.2) is 28.7 Å². The molecule has 0 bridgehead atoms. The largest absolute Gasteiger partial charge is 0.408 e. The SMILES string of the molecule is COCCc1ccccc1Nc1nnc(CCCl)o1. The zero-order valence-corrected chi connectivity index (χ0v) is 11.5. The first-order chi connectivity index (χ1) is 9.33. The molecule has 0 aliphatic carbocycles. The third-order valence-corrected chi connectivity index (χ3v) is 2.80. The van der Waals surface area contributed by atoms with Gasteiger partial charge in [-0.25, -0.2) is 0 Å². The molecule has 2 rings (SSSR count). The van der Waals surface area contributed by atoms with E-state index in [1.807, 2.05) is 24.3 Å². The number of nitrogens with zero attached hydrogens (tertiary/aromatic N) is 2. The number of halogens is 1. The number of aryl methyl sites for hydroxylation is 1. The number of ether oxygens (including phenoxy) is 1. The van der Waals surface area contributed by atoms with E-state index in [4.69, 9.17) is 20.8 Å². The molecule has 0 aliphatic rings. The molecule has 1 aromatic heterocycles. The van der Waals surface area contributed by atoms with E-state index in [9.17, 15) is 0 Å². The summed E-state index contributed by atoms with van der Waals surface area (Å²) < 4.78 is 10.5. The minimum Gasteiger partial charge on any atom is -0.408 e. The Bertz CT molecular complexity index is 516. The molecule has 1 heterocycles. The predicted octanol–water partition coefficient (Wildman–Crippen LogP) is 2.78. The Labute approximate surface area is 116 Å². The molecule has 1 aromatic carbocycles. The summed E-state index contributed by atoms with van der Waals surface area (Å²) in [5, 5.41) is 11.0. The highest BCUT2D eigenvalue weighted by Crippen LogP contribution is 2.20. The molecule has 2 aromatic rings. The van der Waals surface area contributed by atoms with E-state index >= 15 is 0 Å². The minimum absolute atomic E-state index is 0.380. The lowest BCUT2D eigenvalue weighted by Crippen LogP contribution is -2.00. The van der Waals surface area contributed by atoms with Gasteiger partial charge in [-0.1, -0.05) is 23.3 Å². The molecule has 0 saturated heterocycles. The zero-order chi connectivity index (χ0) is 13.5. The lowest BCUT2D eigenvalue weighted by molar-refractivity contribution is 0.202. The number of benzene rings is 1. The van der Waals surface area contributed by atoms with Crippen LogP contribution in [0.25, 0.3) is 0 Å². The van der Waals surface area contributed by atoms with Gasteiger partial charge in [-0.15, -0.1) is 16.7 Å². The number of aromatic nitrogens is 2. The van der Waals surface area contributed by atoms with Gasteiger partial charge in [0.15, 0.2) is 0 Å². The van der Waals surface area contributed by atoms with Crippen LogP contribution in [0.2, 0.25) is 0 Å². The van der Waals surface area contributed by atoms with Crippen LogP contribution in [0, 0.1) is 0 Å². The van der Waals surface area contributed by atoms with Crippen LogP contribution in [0.4, 0.5) is 11.7 Å². The van der Waals surface area contributed by atoms with Crippen molar-refractivity contribution in [2.24, 2.45) is 0 Å². The smallest absolute Gasteiger partial charge is 0.320 e. The fourth-order valence-electron chi connectivity index (χ4n) is 1.67. The second-order valence-corrected chi connectivity index (χ2v) is 4.34.